The molecular weight excluding hydrogens is 308 g/mol. The molecule has 0 bridgehead atoms. The summed E-state index contributed by atoms with van der Waals surface area (Å²) in [7, 11) is 0. The molecule has 0 saturated carbocycles. The summed E-state index contributed by atoms with van der Waals surface area (Å²) in [6, 6.07) is 27.4. The Morgan fingerprint density at radius 3 is 1.92 bits per heavy atom. The maximum Gasteiger partial charge on any atom is 0.252 e. The standard InChI is InChI=1S/C22H20N2O/c1-17-10-8-9-15-20(17)16-23-24-22(25)21(18-11-4-2-5-12-18)19-13-6-3-7-14-19/h2-16,21H,1H3,(H,24,25). The van der Waals surface area contributed by atoms with Crippen LogP contribution in [0.15, 0.2) is 90.0 Å². The van der Waals surface area contributed by atoms with E-state index in [0.717, 1.165) is 22.3 Å². The normalized spacial score (nSPS) is 11.0. The average Bonchev–Trinajstić information content (AvgIpc) is 2.65. The molecule has 0 aliphatic carbocycles. The van der Waals surface area contributed by atoms with E-state index in [1.807, 2.05) is 91.9 Å². The van der Waals surface area contributed by atoms with Crippen LogP contribution in [-0.4, -0.2) is 12.1 Å². The summed E-state index contributed by atoms with van der Waals surface area (Å²) in [6.45, 7) is 2.01. The van der Waals surface area contributed by atoms with Crippen LogP contribution >= 0.6 is 0 Å². The molecule has 25 heavy (non-hydrogen) atoms. The van der Waals surface area contributed by atoms with E-state index in [-0.39, 0.29) is 5.91 Å². The number of carbonyl (C=O) groups excluding carboxylic acids is 1. The maximum absolute atomic E-state index is 12.8. The number of carbonyl (C=O) groups is 1. The average molecular weight is 328 g/mol. The van der Waals surface area contributed by atoms with Crippen LogP contribution in [0, 0.1) is 6.92 Å². The Kier molecular flexibility index (Phi) is 5.37. The number of rotatable bonds is 5. The monoisotopic (exact) mass is 328 g/mol. The van der Waals surface area contributed by atoms with Crippen LogP contribution in [0.4, 0.5) is 0 Å². The summed E-state index contributed by atoms with van der Waals surface area (Å²) >= 11 is 0. The van der Waals surface area contributed by atoms with Crippen LogP contribution in [0.2, 0.25) is 0 Å². The number of nitrogens with zero attached hydrogens (tertiary/aromatic N) is 1. The molecule has 0 radical (unpaired) electrons. The number of amides is 1. The fourth-order valence-electron chi connectivity index (χ4n) is 2.75. The Morgan fingerprint density at radius 1 is 0.840 bits per heavy atom. The van der Waals surface area contributed by atoms with E-state index in [2.05, 4.69) is 10.5 Å². The third-order valence-corrected chi connectivity index (χ3v) is 4.09. The van der Waals surface area contributed by atoms with Gasteiger partial charge in [-0.3, -0.25) is 4.79 Å². The van der Waals surface area contributed by atoms with Crippen LogP contribution in [0.1, 0.15) is 28.2 Å². The van der Waals surface area contributed by atoms with Gasteiger partial charge >= 0.3 is 0 Å². The van der Waals surface area contributed by atoms with E-state index in [1.165, 1.54) is 0 Å². The lowest BCUT2D eigenvalue weighted by atomic mass is 9.91. The molecule has 3 aromatic rings. The third-order valence-electron chi connectivity index (χ3n) is 4.09. The van der Waals surface area contributed by atoms with Crippen LogP contribution in [0.3, 0.4) is 0 Å². The Balaban J connectivity index is 1.82. The van der Waals surface area contributed by atoms with Gasteiger partial charge in [0.25, 0.3) is 5.91 Å². The molecule has 0 saturated heterocycles. The highest BCUT2D eigenvalue weighted by Gasteiger charge is 2.22. The second-order valence-corrected chi connectivity index (χ2v) is 5.85. The molecule has 0 aromatic heterocycles. The van der Waals surface area contributed by atoms with Crippen molar-refractivity contribution in [3.63, 3.8) is 0 Å². The number of hydrogen-bond donors (Lipinski definition) is 1. The first-order valence-electron chi connectivity index (χ1n) is 8.24. The Morgan fingerprint density at radius 2 is 1.36 bits per heavy atom. The lowest BCUT2D eigenvalue weighted by Gasteiger charge is -2.16. The van der Waals surface area contributed by atoms with E-state index >= 15 is 0 Å². The van der Waals surface area contributed by atoms with Crippen molar-refractivity contribution in [3.8, 4) is 0 Å². The van der Waals surface area contributed by atoms with Gasteiger partial charge in [0.05, 0.1) is 12.1 Å². The molecule has 0 fully saturated rings. The second-order valence-electron chi connectivity index (χ2n) is 5.85. The van der Waals surface area contributed by atoms with Crippen molar-refractivity contribution in [2.24, 2.45) is 5.10 Å². The lowest BCUT2D eigenvalue weighted by Crippen LogP contribution is -2.26. The number of hydrogen-bond acceptors (Lipinski definition) is 2. The van der Waals surface area contributed by atoms with E-state index in [4.69, 9.17) is 0 Å². The van der Waals surface area contributed by atoms with Crippen molar-refractivity contribution < 1.29 is 4.79 Å². The van der Waals surface area contributed by atoms with Gasteiger partial charge in [-0.15, -0.1) is 0 Å². The summed E-state index contributed by atoms with van der Waals surface area (Å²) in [5.74, 6) is -0.543. The highest BCUT2D eigenvalue weighted by molar-refractivity contribution is 5.89. The quantitative estimate of drug-likeness (QED) is 0.551. The van der Waals surface area contributed by atoms with Gasteiger partial charge in [0.15, 0.2) is 0 Å². The fourth-order valence-corrected chi connectivity index (χ4v) is 2.75. The first kappa shape index (κ1) is 16.7. The van der Waals surface area contributed by atoms with Gasteiger partial charge in [-0.25, -0.2) is 5.43 Å². The van der Waals surface area contributed by atoms with Crippen molar-refractivity contribution in [1.82, 2.24) is 5.43 Å². The van der Waals surface area contributed by atoms with Crippen LogP contribution < -0.4 is 5.43 Å². The van der Waals surface area contributed by atoms with Crippen LogP contribution in [0.5, 0.6) is 0 Å². The third kappa shape index (κ3) is 4.21. The predicted molar refractivity (Wildman–Crippen MR) is 102 cm³/mol. The van der Waals surface area contributed by atoms with Crippen molar-refractivity contribution in [2.45, 2.75) is 12.8 Å². The van der Waals surface area contributed by atoms with E-state index in [1.54, 1.807) is 6.21 Å². The SMILES string of the molecule is Cc1ccccc1C=NNC(=O)C(c1ccccc1)c1ccccc1. The summed E-state index contributed by atoms with van der Waals surface area (Å²) in [5, 5.41) is 4.15. The topological polar surface area (TPSA) is 41.5 Å². The molecule has 124 valence electrons. The van der Waals surface area contributed by atoms with Gasteiger partial charge in [-0.05, 0) is 29.2 Å². The first-order chi connectivity index (χ1) is 12.3. The van der Waals surface area contributed by atoms with Gasteiger partial charge in [0, 0.05) is 0 Å². The summed E-state index contributed by atoms with van der Waals surface area (Å²) in [5.41, 5.74) is 6.67. The second kappa shape index (κ2) is 8.06. The minimum atomic E-state index is -0.392. The van der Waals surface area contributed by atoms with Crippen LogP contribution in [0.25, 0.3) is 0 Å². The number of aryl methyl sites for hydroxylation is 1. The minimum absolute atomic E-state index is 0.151. The molecule has 0 aliphatic heterocycles. The molecule has 1 amide bonds. The van der Waals surface area contributed by atoms with Gasteiger partial charge in [-0.2, -0.15) is 5.10 Å². The number of benzene rings is 3. The van der Waals surface area contributed by atoms with Gasteiger partial charge in [0.2, 0.25) is 0 Å². The Bertz CT molecular complexity index is 818. The van der Waals surface area contributed by atoms with Gasteiger partial charge in [0.1, 0.15) is 0 Å². The molecule has 3 heteroatoms. The zero-order valence-electron chi connectivity index (χ0n) is 14.1. The molecular formula is C22H20N2O. The van der Waals surface area contributed by atoms with E-state index in [0.29, 0.717) is 0 Å². The summed E-state index contributed by atoms with van der Waals surface area (Å²) < 4.78 is 0. The van der Waals surface area contributed by atoms with Crippen molar-refractivity contribution in [1.29, 1.82) is 0 Å². The smallest absolute Gasteiger partial charge is 0.252 e. The number of hydrazone groups is 1. The zero-order chi connectivity index (χ0) is 17.5. The van der Waals surface area contributed by atoms with Crippen molar-refractivity contribution in [3.05, 3.63) is 107 Å². The van der Waals surface area contributed by atoms with E-state index in [9.17, 15) is 4.79 Å². The fraction of sp³-hybridized carbons (Fsp3) is 0.0909. The molecule has 1 N–H and O–H groups in total. The highest BCUT2D eigenvalue weighted by atomic mass is 16.2. The van der Waals surface area contributed by atoms with Crippen molar-refractivity contribution in [2.75, 3.05) is 0 Å². The predicted octanol–water partition coefficient (Wildman–Crippen LogP) is 4.28. The van der Waals surface area contributed by atoms with Crippen LogP contribution in [-0.2, 0) is 4.79 Å². The molecule has 3 rings (SSSR count). The molecule has 3 aromatic carbocycles. The van der Waals surface area contributed by atoms with Crippen molar-refractivity contribution >= 4 is 12.1 Å². The minimum Gasteiger partial charge on any atom is -0.272 e. The summed E-state index contributed by atoms with van der Waals surface area (Å²) in [6.07, 6.45) is 1.68. The molecule has 0 heterocycles. The highest BCUT2D eigenvalue weighted by Crippen LogP contribution is 2.24. The number of nitrogens with one attached hydrogen (secondary N) is 1. The molecule has 0 unspecified atom stereocenters. The van der Waals surface area contributed by atoms with Gasteiger partial charge < -0.3 is 0 Å². The molecule has 0 aliphatic rings. The van der Waals surface area contributed by atoms with Gasteiger partial charge in [-0.1, -0.05) is 84.9 Å². The summed E-state index contributed by atoms with van der Waals surface area (Å²) in [4.78, 5) is 12.8. The molecule has 0 spiro atoms. The lowest BCUT2D eigenvalue weighted by molar-refractivity contribution is -0.121. The Hall–Kier alpha value is -3.20. The van der Waals surface area contributed by atoms with E-state index < -0.39 is 5.92 Å². The Labute approximate surface area is 148 Å². The molecule has 0 atom stereocenters. The maximum atomic E-state index is 12.8. The first-order valence-corrected chi connectivity index (χ1v) is 8.24. The largest absolute Gasteiger partial charge is 0.272 e. The molecule has 3 nitrogen and oxygen atoms in total. The zero-order valence-corrected chi connectivity index (χ0v) is 14.1.